The Morgan fingerprint density at radius 3 is 2.93 bits per heavy atom. The molecule has 0 bridgehead atoms. The Hall–Kier alpha value is -2.91. The molecule has 10 heteroatoms. The fourth-order valence-corrected chi connectivity index (χ4v) is 3.37. The van der Waals surface area contributed by atoms with E-state index in [1.165, 1.54) is 4.90 Å². The molecule has 0 unspecified atom stereocenters. The molecule has 1 aliphatic heterocycles. The summed E-state index contributed by atoms with van der Waals surface area (Å²) in [4.78, 5) is 14.1. The topological polar surface area (TPSA) is 101 Å². The van der Waals surface area contributed by atoms with Gasteiger partial charge in [-0.05, 0) is 25.1 Å². The number of amides is 2. The zero-order valence-electron chi connectivity index (χ0n) is 14.5. The van der Waals surface area contributed by atoms with Crippen molar-refractivity contribution in [1.82, 2.24) is 29.7 Å². The Morgan fingerprint density at radius 1 is 1.33 bits per heavy atom. The number of aliphatic hydroxyl groups excluding tert-OH is 1. The second-order valence-electron chi connectivity index (χ2n) is 6.42. The number of likely N-dealkylation sites (tertiary alicyclic amines) is 1. The molecule has 2 N–H and O–H groups in total. The van der Waals surface area contributed by atoms with E-state index in [0.29, 0.717) is 17.4 Å². The van der Waals surface area contributed by atoms with Crippen molar-refractivity contribution in [1.29, 1.82) is 0 Å². The number of urea groups is 1. The van der Waals surface area contributed by atoms with Crippen LogP contribution in [-0.2, 0) is 0 Å². The predicted molar refractivity (Wildman–Crippen MR) is 99.0 cm³/mol. The van der Waals surface area contributed by atoms with Crippen LogP contribution in [-0.4, -0.2) is 60.0 Å². The molecule has 0 radical (unpaired) electrons. The fourth-order valence-electron chi connectivity index (χ4n) is 3.18. The van der Waals surface area contributed by atoms with Crippen molar-refractivity contribution in [3.05, 3.63) is 53.4 Å². The van der Waals surface area contributed by atoms with Crippen LogP contribution in [0.4, 0.5) is 10.6 Å². The Labute approximate surface area is 160 Å². The zero-order chi connectivity index (χ0) is 19.0. The number of halogens is 1. The summed E-state index contributed by atoms with van der Waals surface area (Å²) >= 11 is 6.04. The van der Waals surface area contributed by atoms with E-state index in [-0.39, 0.29) is 18.6 Å². The van der Waals surface area contributed by atoms with E-state index in [1.807, 2.05) is 19.1 Å². The molecular formula is C17H18ClN7O2. The third-order valence-corrected chi connectivity index (χ3v) is 4.74. The molecule has 1 fully saturated rings. The number of carbonyl (C=O) groups is 1. The minimum Gasteiger partial charge on any atom is -0.389 e. The van der Waals surface area contributed by atoms with Gasteiger partial charge in [-0.3, -0.25) is 5.32 Å². The van der Waals surface area contributed by atoms with Gasteiger partial charge < -0.3 is 10.0 Å². The maximum Gasteiger partial charge on any atom is 0.323 e. The number of benzene rings is 1. The van der Waals surface area contributed by atoms with E-state index in [9.17, 15) is 9.90 Å². The minimum atomic E-state index is -0.705. The van der Waals surface area contributed by atoms with E-state index in [1.54, 1.807) is 40.0 Å². The number of aromatic nitrogens is 5. The SMILES string of the molecule is Cc1cc(NC(=O)N2C[C@@H](O)[C@H](n3ccnn3)C2)nn1-c1cccc(Cl)c1. The molecule has 2 atom stereocenters. The van der Waals surface area contributed by atoms with Crippen molar-refractivity contribution in [2.75, 3.05) is 18.4 Å². The number of carbonyl (C=O) groups excluding carboxylic acids is 1. The summed E-state index contributed by atoms with van der Waals surface area (Å²) in [5, 5.41) is 25.7. The third kappa shape index (κ3) is 3.51. The maximum absolute atomic E-state index is 12.6. The fraction of sp³-hybridized carbons (Fsp3) is 0.294. The average molecular weight is 388 g/mol. The highest BCUT2D eigenvalue weighted by atomic mass is 35.5. The third-order valence-electron chi connectivity index (χ3n) is 4.50. The van der Waals surface area contributed by atoms with Crippen LogP contribution in [0.15, 0.2) is 42.7 Å². The van der Waals surface area contributed by atoms with Crippen LogP contribution in [0.25, 0.3) is 5.69 Å². The Kier molecular flexibility index (Phi) is 4.54. The standard InChI is InChI=1S/C17H18ClN7O2/c1-11-7-16(21-25(11)13-4-2-3-12(18)8-13)20-17(27)23-9-14(15(26)10-23)24-6-5-19-22-24/h2-8,14-15,26H,9-10H2,1H3,(H,20,21,27)/t14-,15-/m1/s1. The molecule has 9 nitrogen and oxygen atoms in total. The lowest BCUT2D eigenvalue weighted by Crippen LogP contribution is -2.34. The van der Waals surface area contributed by atoms with Crippen LogP contribution in [0.2, 0.25) is 5.02 Å². The van der Waals surface area contributed by atoms with Gasteiger partial charge in [0.1, 0.15) is 0 Å². The molecule has 140 valence electrons. The second-order valence-corrected chi connectivity index (χ2v) is 6.85. The van der Waals surface area contributed by atoms with Crippen LogP contribution < -0.4 is 5.32 Å². The summed E-state index contributed by atoms with van der Waals surface area (Å²) in [6, 6.07) is 8.45. The molecule has 1 aromatic carbocycles. The second kappa shape index (κ2) is 7.01. The largest absolute Gasteiger partial charge is 0.389 e. The summed E-state index contributed by atoms with van der Waals surface area (Å²) in [5.74, 6) is 0.427. The lowest BCUT2D eigenvalue weighted by molar-refractivity contribution is 0.139. The van der Waals surface area contributed by atoms with Gasteiger partial charge in [0.15, 0.2) is 5.82 Å². The molecule has 4 rings (SSSR count). The molecule has 3 heterocycles. The lowest BCUT2D eigenvalue weighted by Gasteiger charge is -2.15. The first-order chi connectivity index (χ1) is 13.0. The van der Waals surface area contributed by atoms with Gasteiger partial charge in [-0.1, -0.05) is 22.9 Å². The monoisotopic (exact) mass is 387 g/mol. The van der Waals surface area contributed by atoms with Crippen LogP contribution in [0.1, 0.15) is 11.7 Å². The van der Waals surface area contributed by atoms with Crippen molar-refractivity contribution in [2.45, 2.75) is 19.1 Å². The van der Waals surface area contributed by atoms with Crippen molar-refractivity contribution in [3.8, 4) is 5.69 Å². The summed E-state index contributed by atoms with van der Waals surface area (Å²) in [6.07, 6.45) is 2.51. The van der Waals surface area contributed by atoms with Gasteiger partial charge in [0.05, 0.1) is 30.6 Å². The van der Waals surface area contributed by atoms with Crippen LogP contribution in [0, 0.1) is 6.92 Å². The number of hydrogen-bond donors (Lipinski definition) is 2. The van der Waals surface area contributed by atoms with Gasteiger partial charge in [0.25, 0.3) is 0 Å². The van der Waals surface area contributed by atoms with Gasteiger partial charge in [-0.2, -0.15) is 0 Å². The summed E-state index contributed by atoms with van der Waals surface area (Å²) in [5.41, 5.74) is 1.66. The predicted octanol–water partition coefficient (Wildman–Crippen LogP) is 1.88. The van der Waals surface area contributed by atoms with Gasteiger partial charge in [-0.25, -0.2) is 14.2 Å². The van der Waals surface area contributed by atoms with Gasteiger partial charge in [0, 0.05) is 29.5 Å². The highest BCUT2D eigenvalue weighted by Gasteiger charge is 2.36. The van der Waals surface area contributed by atoms with Crippen LogP contribution in [0.3, 0.4) is 0 Å². The summed E-state index contributed by atoms with van der Waals surface area (Å²) < 4.78 is 3.27. The van der Waals surface area contributed by atoms with Crippen molar-refractivity contribution >= 4 is 23.4 Å². The molecule has 1 aliphatic rings. The first kappa shape index (κ1) is 17.5. The molecule has 0 aliphatic carbocycles. The summed E-state index contributed by atoms with van der Waals surface area (Å²) in [6.45, 7) is 2.44. The molecular weight excluding hydrogens is 370 g/mol. The number of nitrogens with zero attached hydrogens (tertiary/aromatic N) is 6. The van der Waals surface area contributed by atoms with E-state index in [0.717, 1.165) is 11.4 Å². The van der Waals surface area contributed by atoms with Crippen LogP contribution >= 0.6 is 11.6 Å². The molecule has 2 amide bonds. The minimum absolute atomic E-state index is 0.213. The van der Waals surface area contributed by atoms with Crippen molar-refractivity contribution in [2.24, 2.45) is 0 Å². The van der Waals surface area contributed by atoms with Gasteiger partial charge in [0.2, 0.25) is 0 Å². The van der Waals surface area contributed by atoms with E-state index in [4.69, 9.17) is 11.6 Å². The lowest BCUT2D eigenvalue weighted by atomic mass is 10.2. The Morgan fingerprint density at radius 2 is 2.19 bits per heavy atom. The van der Waals surface area contributed by atoms with E-state index >= 15 is 0 Å². The molecule has 2 aromatic heterocycles. The number of β-amino-alcohol motifs (C(OH)–C–C–N with tert-alkyl or cyclic N) is 1. The molecule has 3 aromatic rings. The number of rotatable bonds is 3. The first-order valence-corrected chi connectivity index (χ1v) is 8.81. The van der Waals surface area contributed by atoms with E-state index in [2.05, 4.69) is 20.7 Å². The zero-order valence-corrected chi connectivity index (χ0v) is 15.3. The smallest absolute Gasteiger partial charge is 0.323 e. The number of aliphatic hydroxyl groups is 1. The normalized spacial score (nSPS) is 19.4. The molecule has 1 saturated heterocycles. The summed E-state index contributed by atoms with van der Waals surface area (Å²) in [7, 11) is 0. The maximum atomic E-state index is 12.6. The molecule has 27 heavy (non-hydrogen) atoms. The van der Waals surface area contributed by atoms with Crippen molar-refractivity contribution in [3.63, 3.8) is 0 Å². The van der Waals surface area contributed by atoms with E-state index < -0.39 is 6.10 Å². The highest BCUT2D eigenvalue weighted by molar-refractivity contribution is 6.30. The van der Waals surface area contributed by atoms with Gasteiger partial charge >= 0.3 is 6.03 Å². The van der Waals surface area contributed by atoms with Gasteiger partial charge in [-0.15, -0.1) is 10.2 Å². The van der Waals surface area contributed by atoms with Crippen molar-refractivity contribution < 1.29 is 9.90 Å². The average Bonchev–Trinajstić information content (AvgIpc) is 3.35. The molecule has 0 saturated carbocycles. The Balaban J connectivity index is 1.47. The number of hydrogen-bond acceptors (Lipinski definition) is 5. The highest BCUT2D eigenvalue weighted by Crippen LogP contribution is 2.23. The number of nitrogens with one attached hydrogen (secondary N) is 1. The van der Waals surface area contributed by atoms with Crippen LogP contribution in [0.5, 0.6) is 0 Å². The number of anilines is 1. The quantitative estimate of drug-likeness (QED) is 0.714. The molecule has 0 spiro atoms. The Bertz CT molecular complexity index is 956. The number of aryl methyl sites for hydroxylation is 1. The first-order valence-electron chi connectivity index (χ1n) is 8.43.